The zero-order valence-electron chi connectivity index (χ0n) is 16.3. The molecule has 7 nitrogen and oxygen atoms in total. The van der Waals surface area contributed by atoms with Crippen LogP contribution in [-0.2, 0) is 0 Å². The lowest BCUT2D eigenvalue weighted by Gasteiger charge is -2.27. The molecule has 1 unspecified atom stereocenters. The number of aryl methyl sites for hydroxylation is 1. The number of nitrogens with zero attached hydrogens (tertiary/aromatic N) is 2. The summed E-state index contributed by atoms with van der Waals surface area (Å²) in [7, 11) is 1.67. The SMILES string of the molecule is COc1ccc2nc(NC3=[NH+]C[NH+](C4CCCCCC4)CN3)nc(C)c2c1. The van der Waals surface area contributed by atoms with Gasteiger partial charge in [0.25, 0.3) is 5.95 Å². The van der Waals surface area contributed by atoms with Crippen molar-refractivity contribution in [1.29, 1.82) is 0 Å². The first kappa shape index (κ1) is 18.0. The smallest absolute Gasteiger partial charge is 0.359 e. The normalized spacial score (nSPS) is 21.3. The van der Waals surface area contributed by atoms with Crippen LogP contribution in [0.4, 0.5) is 5.95 Å². The minimum atomic E-state index is 0.609. The van der Waals surface area contributed by atoms with Crippen molar-refractivity contribution in [3.05, 3.63) is 23.9 Å². The van der Waals surface area contributed by atoms with Crippen LogP contribution in [-0.4, -0.2) is 42.4 Å². The fraction of sp³-hybridized carbons (Fsp3) is 0.550. The van der Waals surface area contributed by atoms with Crippen LogP contribution in [0, 0.1) is 6.92 Å². The average molecular weight is 371 g/mol. The number of fused-ring (bicyclic) bond motifs is 1. The highest BCUT2D eigenvalue weighted by molar-refractivity contribution is 5.89. The van der Waals surface area contributed by atoms with Crippen molar-refractivity contribution < 1.29 is 14.6 Å². The Morgan fingerprint density at radius 1 is 1.19 bits per heavy atom. The zero-order chi connectivity index (χ0) is 18.6. The van der Waals surface area contributed by atoms with E-state index >= 15 is 0 Å². The third-order valence-electron chi connectivity index (χ3n) is 5.75. The number of quaternary nitrogens is 1. The van der Waals surface area contributed by atoms with Crippen molar-refractivity contribution in [3.63, 3.8) is 0 Å². The Labute approximate surface area is 160 Å². The van der Waals surface area contributed by atoms with Crippen LogP contribution in [0.25, 0.3) is 10.9 Å². The third kappa shape index (κ3) is 4.13. The van der Waals surface area contributed by atoms with E-state index in [2.05, 4.69) is 25.6 Å². The Kier molecular flexibility index (Phi) is 5.38. The molecule has 1 aliphatic carbocycles. The van der Waals surface area contributed by atoms with E-state index in [4.69, 9.17) is 4.74 Å². The highest BCUT2D eigenvalue weighted by atomic mass is 16.5. The summed E-state index contributed by atoms with van der Waals surface area (Å²) in [6.45, 7) is 3.87. The molecule has 1 fully saturated rings. The highest BCUT2D eigenvalue weighted by Crippen LogP contribution is 2.22. The van der Waals surface area contributed by atoms with Crippen LogP contribution in [0.3, 0.4) is 0 Å². The van der Waals surface area contributed by atoms with Crippen molar-refractivity contribution in [1.82, 2.24) is 15.3 Å². The second-order valence-electron chi connectivity index (χ2n) is 7.57. The molecule has 0 radical (unpaired) electrons. The molecule has 0 saturated heterocycles. The van der Waals surface area contributed by atoms with E-state index in [0.717, 1.165) is 47.7 Å². The van der Waals surface area contributed by atoms with Gasteiger partial charge in [0.1, 0.15) is 5.75 Å². The largest absolute Gasteiger partial charge is 0.497 e. The van der Waals surface area contributed by atoms with Crippen molar-refractivity contribution >= 4 is 22.8 Å². The summed E-state index contributed by atoms with van der Waals surface area (Å²) in [6.07, 6.45) is 8.23. The van der Waals surface area contributed by atoms with Gasteiger partial charge in [0, 0.05) is 5.39 Å². The number of hydrogen-bond acceptors (Lipinski definition) is 5. The molecule has 0 amide bonds. The van der Waals surface area contributed by atoms with Crippen molar-refractivity contribution in [2.45, 2.75) is 51.5 Å². The first-order valence-corrected chi connectivity index (χ1v) is 10.0. The molecule has 1 aromatic heterocycles. The maximum Gasteiger partial charge on any atom is 0.359 e. The summed E-state index contributed by atoms with van der Waals surface area (Å²) in [5.41, 5.74) is 1.84. The van der Waals surface area contributed by atoms with Crippen LogP contribution >= 0.6 is 0 Å². The molecular formula is C20H30N6O+2. The molecule has 1 atom stereocenters. The van der Waals surface area contributed by atoms with Crippen molar-refractivity contribution in [2.24, 2.45) is 0 Å². The standard InChI is InChI=1S/C20H28N6O/c1-14-17-11-16(27-2)9-10-18(17)24-20(23-14)25-19-21-12-26(13-22-19)15-7-5-3-4-6-8-15/h9-11,15H,3-8,12-13H2,1-2H3,(H2,21,22,23,24,25)/p+2. The molecule has 144 valence electrons. The van der Waals surface area contributed by atoms with Gasteiger partial charge in [-0.3, -0.25) is 4.90 Å². The molecule has 1 saturated carbocycles. The quantitative estimate of drug-likeness (QED) is 0.569. The van der Waals surface area contributed by atoms with Gasteiger partial charge in [-0.1, -0.05) is 12.8 Å². The van der Waals surface area contributed by atoms with E-state index in [0.29, 0.717) is 5.95 Å². The molecule has 1 aliphatic heterocycles. The van der Waals surface area contributed by atoms with E-state index in [1.165, 1.54) is 38.5 Å². The molecule has 2 aromatic rings. The molecule has 7 heteroatoms. The summed E-state index contributed by atoms with van der Waals surface area (Å²) < 4.78 is 5.30. The number of nitrogens with one attached hydrogen (secondary N) is 4. The summed E-state index contributed by atoms with van der Waals surface area (Å²) in [4.78, 5) is 14.3. The Morgan fingerprint density at radius 2 is 2.00 bits per heavy atom. The van der Waals surface area contributed by atoms with E-state index < -0.39 is 0 Å². The molecule has 0 bridgehead atoms. The number of benzene rings is 1. The van der Waals surface area contributed by atoms with Crippen molar-refractivity contribution in [3.8, 4) is 5.75 Å². The Hall–Kier alpha value is -2.41. The number of hydrogen-bond donors (Lipinski definition) is 4. The van der Waals surface area contributed by atoms with Gasteiger partial charge in [-0.2, -0.15) is 4.98 Å². The number of methoxy groups -OCH3 is 1. The highest BCUT2D eigenvalue weighted by Gasteiger charge is 2.28. The summed E-state index contributed by atoms with van der Waals surface area (Å²) in [5, 5.41) is 7.80. The second kappa shape index (κ2) is 8.08. The maximum atomic E-state index is 5.30. The van der Waals surface area contributed by atoms with Crippen LogP contribution in [0.1, 0.15) is 44.2 Å². The minimum absolute atomic E-state index is 0.609. The molecule has 0 spiro atoms. The number of guanidine groups is 1. The predicted molar refractivity (Wildman–Crippen MR) is 106 cm³/mol. The molecule has 4 rings (SSSR count). The fourth-order valence-corrected chi connectivity index (χ4v) is 4.15. The number of anilines is 1. The number of rotatable bonds is 3. The summed E-state index contributed by atoms with van der Waals surface area (Å²) in [5.74, 6) is 2.32. The van der Waals surface area contributed by atoms with Crippen LogP contribution in [0.15, 0.2) is 18.2 Å². The summed E-state index contributed by atoms with van der Waals surface area (Å²) in [6, 6.07) is 6.64. The molecule has 27 heavy (non-hydrogen) atoms. The van der Waals surface area contributed by atoms with Gasteiger partial charge in [0.05, 0.1) is 24.4 Å². The van der Waals surface area contributed by atoms with E-state index in [1.54, 1.807) is 12.0 Å². The van der Waals surface area contributed by atoms with Crippen LogP contribution in [0.5, 0.6) is 5.75 Å². The lowest BCUT2D eigenvalue weighted by molar-refractivity contribution is -1.00. The fourth-order valence-electron chi connectivity index (χ4n) is 4.15. The lowest BCUT2D eigenvalue weighted by Crippen LogP contribution is -3.26. The molecule has 4 N–H and O–H groups in total. The topological polar surface area (TPSA) is 77.5 Å². The summed E-state index contributed by atoms with van der Waals surface area (Å²) >= 11 is 0. The van der Waals surface area contributed by atoms with Gasteiger partial charge in [-0.05, 0) is 50.8 Å². The molecule has 2 heterocycles. The Morgan fingerprint density at radius 3 is 2.70 bits per heavy atom. The number of aromatic nitrogens is 2. The lowest BCUT2D eigenvalue weighted by atomic mass is 10.1. The first-order valence-electron chi connectivity index (χ1n) is 10.0. The minimum Gasteiger partial charge on any atom is -0.497 e. The van der Waals surface area contributed by atoms with Gasteiger partial charge in [-0.15, -0.1) is 0 Å². The zero-order valence-corrected chi connectivity index (χ0v) is 16.3. The van der Waals surface area contributed by atoms with Gasteiger partial charge >= 0.3 is 5.96 Å². The maximum absolute atomic E-state index is 5.30. The molecule has 1 aromatic carbocycles. The monoisotopic (exact) mass is 370 g/mol. The van der Waals surface area contributed by atoms with Crippen LogP contribution < -0.4 is 25.3 Å². The van der Waals surface area contributed by atoms with Gasteiger partial charge in [0.15, 0.2) is 13.3 Å². The average Bonchev–Trinajstić information content (AvgIpc) is 2.98. The Balaban J connectivity index is 1.45. The van der Waals surface area contributed by atoms with Crippen molar-refractivity contribution in [2.75, 3.05) is 25.8 Å². The third-order valence-corrected chi connectivity index (χ3v) is 5.75. The van der Waals surface area contributed by atoms with Gasteiger partial charge in [0.2, 0.25) is 0 Å². The van der Waals surface area contributed by atoms with E-state index in [9.17, 15) is 0 Å². The second-order valence-corrected chi connectivity index (χ2v) is 7.57. The van der Waals surface area contributed by atoms with Gasteiger partial charge < -0.3 is 4.74 Å². The predicted octanol–water partition coefficient (Wildman–Crippen LogP) is -0.0788. The molecule has 2 aliphatic rings. The Bertz CT molecular complexity index is 829. The van der Waals surface area contributed by atoms with Gasteiger partial charge in [-0.25, -0.2) is 20.6 Å². The van der Waals surface area contributed by atoms with E-state index in [-0.39, 0.29) is 0 Å². The molecular weight excluding hydrogens is 340 g/mol. The first-order chi connectivity index (χ1) is 13.2. The number of ether oxygens (including phenoxy) is 1. The van der Waals surface area contributed by atoms with Crippen LogP contribution in [0.2, 0.25) is 0 Å². The van der Waals surface area contributed by atoms with E-state index in [1.807, 2.05) is 25.1 Å².